The van der Waals surface area contributed by atoms with Crippen LogP contribution in [0.5, 0.6) is 5.75 Å². The van der Waals surface area contributed by atoms with Crippen LogP contribution >= 0.6 is 24.0 Å². The first-order chi connectivity index (χ1) is 12.3. The zero-order chi connectivity index (χ0) is 19.3. The summed E-state index contributed by atoms with van der Waals surface area (Å²) >= 11 is 0. The van der Waals surface area contributed by atoms with Gasteiger partial charge in [0.05, 0.1) is 12.8 Å². The SMILES string of the molecule is CN=C(NCc1c(C)nn(C)c1C)NCC(C)(C)c1ccc(OC)cc1.I. The van der Waals surface area contributed by atoms with Gasteiger partial charge in [0.2, 0.25) is 0 Å². The van der Waals surface area contributed by atoms with Crippen LogP contribution in [0.2, 0.25) is 0 Å². The number of halogens is 1. The smallest absolute Gasteiger partial charge is 0.191 e. The van der Waals surface area contributed by atoms with E-state index in [1.54, 1.807) is 14.2 Å². The maximum Gasteiger partial charge on any atom is 0.191 e. The summed E-state index contributed by atoms with van der Waals surface area (Å²) in [6.45, 7) is 10.0. The first-order valence-electron chi connectivity index (χ1n) is 8.86. The van der Waals surface area contributed by atoms with Crippen LogP contribution in [-0.2, 0) is 19.0 Å². The molecular weight excluding hydrogens is 453 g/mol. The van der Waals surface area contributed by atoms with Gasteiger partial charge in [-0.25, -0.2) is 0 Å². The van der Waals surface area contributed by atoms with Crippen LogP contribution in [-0.4, -0.2) is 36.4 Å². The summed E-state index contributed by atoms with van der Waals surface area (Å²) in [6, 6.07) is 8.22. The molecule has 0 amide bonds. The Kier molecular flexibility index (Phi) is 8.59. The Labute approximate surface area is 179 Å². The van der Waals surface area contributed by atoms with Crippen LogP contribution in [0, 0.1) is 13.8 Å². The molecule has 27 heavy (non-hydrogen) atoms. The number of guanidine groups is 1. The van der Waals surface area contributed by atoms with E-state index >= 15 is 0 Å². The zero-order valence-electron chi connectivity index (χ0n) is 17.4. The normalized spacial score (nSPS) is 11.7. The van der Waals surface area contributed by atoms with Crippen molar-refractivity contribution in [2.24, 2.45) is 12.0 Å². The summed E-state index contributed by atoms with van der Waals surface area (Å²) in [5.74, 6) is 1.66. The lowest BCUT2D eigenvalue weighted by Crippen LogP contribution is -2.43. The highest BCUT2D eigenvalue weighted by atomic mass is 127. The second-order valence-corrected chi connectivity index (χ2v) is 7.16. The molecule has 0 spiro atoms. The predicted molar refractivity (Wildman–Crippen MR) is 122 cm³/mol. The Balaban J connectivity index is 0.00000364. The molecule has 0 saturated heterocycles. The van der Waals surface area contributed by atoms with E-state index in [-0.39, 0.29) is 29.4 Å². The van der Waals surface area contributed by atoms with Gasteiger partial charge in [-0.15, -0.1) is 24.0 Å². The lowest BCUT2D eigenvalue weighted by molar-refractivity contribution is 0.414. The van der Waals surface area contributed by atoms with E-state index in [9.17, 15) is 0 Å². The van der Waals surface area contributed by atoms with Crippen molar-refractivity contribution in [1.82, 2.24) is 20.4 Å². The molecule has 0 saturated carbocycles. The lowest BCUT2D eigenvalue weighted by Gasteiger charge is -2.27. The van der Waals surface area contributed by atoms with Crippen molar-refractivity contribution in [3.8, 4) is 5.75 Å². The molecule has 1 aromatic carbocycles. The summed E-state index contributed by atoms with van der Waals surface area (Å²) in [5, 5.41) is 11.3. The highest BCUT2D eigenvalue weighted by Crippen LogP contribution is 2.24. The summed E-state index contributed by atoms with van der Waals surface area (Å²) < 4.78 is 7.15. The molecule has 150 valence electrons. The Morgan fingerprint density at radius 3 is 2.30 bits per heavy atom. The molecule has 2 aromatic rings. The fraction of sp³-hybridized carbons (Fsp3) is 0.500. The Bertz CT molecular complexity index is 765. The van der Waals surface area contributed by atoms with E-state index in [1.807, 2.05) is 30.8 Å². The van der Waals surface area contributed by atoms with E-state index in [0.717, 1.165) is 23.9 Å². The second-order valence-electron chi connectivity index (χ2n) is 7.16. The highest BCUT2D eigenvalue weighted by molar-refractivity contribution is 14.0. The first-order valence-corrected chi connectivity index (χ1v) is 8.86. The predicted octanol–water partition coefficient (Wildman–Crippen LogP) is 3.31. The molecule has 0 radical (unpaired) electrons. The van der Waals surface area contributed by atoms with E-state index in [4.69, 9.17) is 4.74 Å². The van der Waals surface area contributed by atoms with Crippen LogP contribution in [0.25, 0.3) is 0 Å². The van der Waals surface area contributed by atoms with Crippen LogP contribution in [0.3, 0.4) is 0 Å². The topological polar surface area (TPSA) is 63.5 Å². The van der Waals surface area contributed by atoms with Gasteiger partial charge in [-0.1, -0.05) is 26.0 Å². The summed E-state index contributed by atoms with van der Waals surface area (Å²) in [7, 11) is 5.44. The maximum atomic E-state index is 5.24. The van der Waals surface area contributed by atoms with Crippen molar-refractivity contribution in [3.05, 3.63) is 46.8 Å². The monoisotopic (exact) mass is 485 g/mol. The summed E-state index contributed by atoms with van der Waals surface area (Å²) in [4.78, 5) is 4.34. The van der Waals surface area contributed by atoms with Crippen molar-refractivity contribution < 1.29 is 4.74 Å². The van der Waals surface area contributed by atoms with Gasteiger partial charge >= 0.3 is 0 Å². The molecule has 0 aliphatic carbocycles. The first kappa shape index (κ1) is 23.3. The molecule has 1 aromatic heterocycles. The number of nitrogens with zero attached hydrogens (tertiary/aromatic N) is 3. The molecule has 0 aliphatic rings. The molecule has 1 heterocycles. The number of methoxy groups -OCH3 is 1. The van der Waals surface area contributed by atoms with Gasteiger partial charge in [-0.3, -0.25) is 9.67 Å². The Morgan fingerprint density at radius 2 is 1.81 bits per heavy atom. The molecular formula is C20H32IN5O. The number of aryl methyl sites for hydroxylation is 2. The van der Waals surface area contributed by atoms with Crippen molar-refractivity contribution in [2.75, 3.05) is 20.7 Å². The number of nitrogens with one attached hydrogen (secondary N) is 2. The summed E-state index contributed by atoms with van der Waals surface area (Å²) in [5.41, 5.74) is 4.64. The number of hydrogen-bond acceptors (Lipinski definition) is 3. The molecule has 0 bridgehead atoms. The average Bonchev–Trinajstić information content (AvgIpc) is 2.87. The van der Waals surface area contributed by atoms with Crippen LogP contribution in [0.1, 0.15) is 36.4 Å². The molecule has 0 fully saturated rings. The molecule has 0 aliphatic heterocycles. The Morgan fingerprint density at radius 1 is 1.19 bits per heavy atom. The lowest BCUT2D eigenvalue weighted by atomic mass is 9.84. The zero-order valence-corrected chi connectivity index (χ0v) is 19.7. The quantitative estimate of drug-likeness (QED) is 0.375. The third-order valence-electron chi connectivity index (χ3n) is 4.88. The third kappa shape index (κ3) is 5.85. The third-order valence-corrected chi connectivity index (χ3v) is 4.88. The molecule has 0 unspecified atom stereocenters. The van der Waals surface area contributed by atoms with Crippen molar-refractivity contribution in [2.45, 2.75) is 39.7 Å². The molecule has 2 N–H and O–H groups in total. The molecule has 7 heteroatoms. The minimum atomic E-state index is -0.0377. The van der Waals surface area contributed by atoms with Gasteiger partial charge in [0.1, 0.15) is 5.75 Å². The van der Waals surface area contributed by atoms with E-state index in [1.165, 1.54) is 16.8 Å². The van der Waals surface area contributed by atoms with Crippen molar-refractivity contribution in [1.29, 1.82) is 0 Å². The molecule has 0 atom stereocenters. The highest BCUT2D eigenvalue weighted by Gasteiger charge is 2.21. The number of benzene rings is 1. The molecule has 2 rings (SSSR count). The maximum absolute atomic E-state index is 5.24. The number of hydrogen-bond donors (Lipinski definition) is 2. The van der Waals surface area contributed by atoms with Gasteiger partial charge in [0.25, 0.3) is 0 Å². The van der Waals surface area contributed by atoms with Crippen molar-refractivity contribution in [3.63, 3.8) is 0 Å². The largest absolute Gasteiger partial charge is 0.497 e. The number of ether oxygens (including phenoxy) is 1. The number of aliphatic imine (C=N–C) groups is 1. The van der Waals surface area contributed by atoms with Crippen LogP contribution < -0.4 is 15.4 Å². The average molecular weight is 485 g/mol. The van der Waals surface area contributed by atoms with Gasteiger partial charge < -0.3 is 15.4 Å². The van der Waals surface area contributed by atoms with Crippen LogP contribution in [0.15, 0.2) is 29.3 Å². The standard InChI is InChI=1S/C20H31N5O.HI/c1-14-18(15(2)25(6)24-14)12-22-19(21-5)23-13-20(3,4)16-8-10-17(26-7)11-9-16;/h8-11H,12-13H2,1-7H3,(H2,21,22,23);1H. The van der Waals surface area contributed by atoms with Gasteiger partial charge in [-0.2, -0.15) is 5.10 Å². The fourth-order valence-corrected chi connectivity index (χ4v) is 2.91. The number of aromatic nitrogens is 2. The minimum absolute atomic E-state index is 0. The van der Waals surface area contributed by atoms with Gasteiger partial charge in [0, 0.05) is 43.9 Å². The second kappa shape index (κ2) is 9.96. The molecule has 6 nitrogen and oxygen atoms in total. The van der Waals surface area contributed by atoms with E-state index in [2.05, 4.69) is 53.6 Å². The minimum Gasteiger partial charge on any atom is -0.497 e. The van der Waals surface area contributed by atoms with Crippen LogP contribution in [0.4, 0.5) is 0 Å². The van der Waals surface area contributed by atoms with E-state index < -0.39 is 0 Å². The fourth-order valence-electron chi connectivity index (χ4n) is 2.91. The number of rotatable bonds is 6. The van der Waals surface area contributed by atoms with E-state index in [0.29, 0.717) is 6.54 Å². The Hall–Kier alpha value is -1.77. The summed E-state index contributed by atoms with van der Waals surface area (Å²) in [6.07, 6.45) is 0. The van der Waals surface area contributed by atoms with Crippen molar-refractivity contribution >= 4 is 29.9 Å². The van der Waals surface area contributed by atoms with Gasteiger partial charge in [0.15, 0.2) is 5.96 Å². The van der Waals surface area contributed by atoms with Gasteiger partial charge in [-0.05, 0) is 31.5 Å².